The van der Waals surface area contributed by atoms with Crippen LogP contribution in [0, 0.1) is 17.6 Å². The summed E-state index contributed by atoms with van der Waals surface area (Å²) < 4.78 is 26.6. The number of hydrogen-bond donors (Lipinski definition) is 1. The fraction of sp³-hybridized carbons (Fsp3) is 0.333. The average molecular weight is 372 g/mol. The monoisotopic (exact) mass is 372 g/mol. The van der Waals surface area contributed by atoms with Crippen LogP contribution in [0.5, 0.6) is 0 Å². The Morgan fingerprint density at radius 1 is 1.00 bits per heavy atom. The van der Waals surface area contributed by atoms with E-state index >= 15 is 0 Å². The Bertz CT molecular complexity index is 836. The smallest absolute Gasteiger partial charge is 0.251 e. The molecule has 3 atom stereocenters. The van der Waals surface area contributed by atoms with Crippen molar-refractivity contribution in [2.24, 2.45) is 5.92 Å². The van der Waals surface area contributed by atoms with Crippen LogP contribution in [-0.4, -0.2) is 36.9 Å². The first kappa shape index (κ1) is 19.0. The third-order valence-electron chi connectivity index (χ3n) is 5.04. The molecule has 0 spiro atoms. The molecule has 2 amide bonds. The van der Waals surface area contributed by atoms with Crippen LogP contribution in [0.3, 0.4) is 0 Å². The summed E-state index contributed by atoms with van der Waals surface area (Å²) in [5, 5.41) is 2.91. The van der Waals surface area contributed by atoms with Crippen LogP contribution >= 0.6 is 0 Å². The normalized spacial score (nSPS) is 21.7. The van der Waals surface area contributed by atoms with Crippen molar-refractivity contribution in [1.82, 2.24) is 10.2 Å². The number of rotatable bonds is 4. The van der Waals surface area contributed by atoms with Crippen LogP contribution in [0.1, 0.15) is 34.7 Å². The van der Waals surface area contributed by atoms with E-state index in [0.29, 0.717) is 12.8 Å². The molecule has 0 saturated heterocycles. The molecule has 0 bridgehead atoms. The van der Waals surface area contributed by atoms with Gasteiger partial charge in [0.1, 0.15) is 11.6 Å². The second-order valence-electron chi connectivity index (χ2n) is 7.15. The van der Waals surface area contributed by atoms with Crippen LogP contribution in [-0.2, 0) is 4.79 Å². The third kappa shape index (κ3) is 4.32. The summed E-state index contributed by atoms with van der Waals surface area (Å²) in [4.78, 5) is 26.6. The lowest BCUT2D eigenvalue weighted by molar-refractivity contribution is -0.133. The van der Waals surface area contributed by atoms with Gasteiger partial charge in [0.05, 0.1) is 0 Å². The predicted molar refractivity (Wildman–Crippen MR) is 98.2 cm³/mol. The van der Waals surface area contributed by atoms with Gasteiger partial charge in [-0.2, -0.15) is 0 Å². The SMILES string of the molecule is CN(C)C(=O)[C@H]1C[C@@H](NC(=O)c2cccc(F)c2)C[C@@H]1c1ccc(F)cc1. The van der Waals surface area contributed by atoms with E-state index < -0.39 is 5.82 Å². The van der Waals surface area contributed by atoms with Gasteiger partial charge in [-0.15, -0.1) is 0 Å². The first-order valence-electron chi connectivity index (χ1n) is 8.88. The van der Waals surface area contributed by atoms with E-state index in [1.54, 1.807) is 32.3 Å². The molecule has 27 heavy (non-hydrogen) atoms. The molecule has 0 radical (unpaired) electrons. The van der Waals surface area contributed by atoms with Crippen molar-refractivity contribution in [3.63, 3.8) is 0 Å². The number of nitrogens with one attached hydrogen (secondary N) is 1. The number of hydrogen-bond acceptors (Lipinski definition) is 2. The van der Waals surface area contributed by atoms with Crippen molar-refractivity contribution in [3.05, 3.63) is 71.3 Å². The highest BCUT2D eigenvalue weighted by molar-refractivity contribution is 5.94. The van der Waals surface area contributed by atoms with E-state index in [0.717, 1.165) is 5.56 Å². The zero-order valence-electron chi connectivity index (χ0n) is 15.3. The van der Waals surface area contributed by atoms with E-state index in [1.165, 1.54) is 35.2 Å². The molecule has 1 N–H and O–H groups in total. The molecule has 6 heteroatoms. The zero-order valence-corrected chi connectivity index (χ0v) is 15.3. The molecule has 0 unspecified atom stereocenters. The molecule has 1 saturated carbocycles. The van der Waals surface area contributed by atoms with Crippen molar-refractivity contribution >= 4 is 11.8 Å². The maximum absolute atomic E-state index is 13.4. The number of amides is 2. The van der Waals surface area contributed by atoms with Gasteiger partial charge in [-0.25, -0.2) is 8.78 Å². The molecule has 3 rings (SSSR count). The van der Waals surface area contributed by atoms with Gasteiger partial charge < -0.3 is 10.2 Å². The van der Waals surface area contributed by atoms with Crippen LogP contribution in [0.2, 0.25) is 0 Å². The van der Waals surface area contributed by atoms with Gasteiger partial charge in [0.2, 0.25) is 5.91 Å². The molecule has 1 aliphatic rings. The fourth-order valence-electron chi connectivity index (χ4n) is 3.74. The summed E-state index contributed by atoms with van der Waals surface area (Å²) >= 11 is 0. The summed E-state index contributed by atoms with van der Waals surface area (Å²) in [6, 6.07) is 11.4. The van der Waals surface area contributed by atoms with Crippen molar-refractivity contribution in [2.45, 2.75) is 24.8 Å². The van der Waals surface area contributed by atoms with Crippen LogP contribution in [0.25, 0.3) is 0 Å². The lowest BCUT2D eigenvalue weighted by Crippen LogP contribution is -2.34. The molecule has 142 valence electrons. The third-order valence-corrected chi connectivity index (χ3v) is 5.04. The zero-order chi connectivity index (χ0) is 19.6. The second-order valence-corrected chi connectivity index (χ2v) is 7.15. The van der Waals surface area contributed by atoms with E-state index in [-0.39, 0.29) is 41.1 Å². The lowest BCUT2D eigenvalue weighted by Gasteiger charge is -2.22. The first-order chi connectivity index (χ1) is 12.8. The van der Waals surface area contributed by atoms with Crippen molar-refractivity contribution in [3.8, 4) is 0 Å². The summed E-state index contributed by atoms with van der Waals surface area (Å²) in [7, 11) is 3.39. The standard InChI is InChI=1S/C21H22F2N2O2/c1-25(2)21(27)19-12-17(11-18(19)13-6-8-15(22)9-7-13)24-20(26)14-4-3-5-16(23)10-14/h3-10,17-19H,11-12H2,1-2H3,(H,24,26)/t17-,18+,19-/m0/s1. The van der Waals surface area contributed by atoms with Crippen LogP contribution in [0.15, 0.2) is 48.5 Å². The number of carbonyl (C=O) groups is 2. The summed E-state index contributed by atoms with van der Waals surface area (Å²) in [6.45, 7) is 0. The summed E-state index contributed by atoms with van der Waals surface area (Å²) in [5.74, 6) is -1.61. The minimum absolute atomic E-state index is 0.0215. The van der Waals surface area contributed by atoms with E-state index in [4.69, 9.17) is 0 Å². The topological polar surface area (TPSA) is 49.4 Å². The van der Waals surface area contributed by atoms with Gasteiger partial charge in [-0.3, -0.25) is 9.59 Å². The summed E-state index contributed by atoms with van der Waals surface area (Å²) in [5.41, 5.74) is 1.12. The molecule has 0 aliphatic heterocycles. The Balaban J connectivity index is 1.79. The van der Waals surface area contributed by atoms with Gasteiger partial charge in [0, 0.05) is 31.6 Å². The van der Waals surface area contributed by atoms with Crippen molar-refractivity contribution in [2.75, 3.05) is 14.1 Å². The largest absolute Gasteiger partial charge is 0.349 e. The van der Waals surface area contributed by atoms with Crippen molar-refractivity contribution < 1.29 is 18.4 Å². The molecule has 1 fully saturated rings. The first-order valence-corrected chi connectivity index (χ1v) is 8.88. The highest BCUT2D eigenvalue weighted by Gasteiger charge is 2.40. The molecule has 0 heterocycles. The second kappa shape index (κ2) is 7.86. The highest BCUT2D eigenvalue weighted by Crippen LogP contribution is 2.40. The Morgan fingerprint density at radius 3 is 2.33 bits per heavy atom. The Labute approximate surface area is 157 Å². The van der Waals surface area contributed by atoms with Gasteiger partial charge >= 0.3 is 0 Å². The number of benzene rings is 2. The fourth-order valence-corrected chi connectivity index (χ4v) is 3.74. The van der Waals surface area contributed by atoms with Gasteiger partial charge in [-0.1, -0.05) is 18.2 Å². The molecule has 4 nitrogen and oxygen atoms in total. The molecular weight excluding hydrogens is 350 g/mol. The van der Waals surface area contributed by atoms with Crippen molar-refractivity contribution in [1.29, 1.82) is 0 Å². The maximum atomic E-state index is 13.4. The Kier molecular flexibility index (Phi) is 5.54. The number of carbonyl (C=O) groups excluding carboxylic acids is 2. The van der Waals surface area contributed by atoms with Gasteiger partial charge in [0.15, 0.2) is 0 Å². The van der Waals surface area contributed by atoms with Crippen LogP contribution in [0.4, 0.5) is 8.78 Å². The molecule has 2 aromatic rings. The van der Waals surface area contributed by atoms with E-state index in [9.17, 15) is 18.4 Å². The van der Waals surface area contributed by atoms with Gasteiger partial charge in [-0.05, 0) is 54.7 Å². The predicted octanol–water partition coefficient (Wildman–Crippen LogP) is 3.35. The van der Waals surface area contributed by atoms with Crippen LogP contribution < -0.4 is 5.32 Å². The highest BCUT2D eigenvalue weighted by atomic mass is 19.1. The molecular formula is C21H22F2N2O2. The average Bonchev–Trinajstić information content (AvgIpc) is 3.05. The number of nitrogens with zero attached hydrogens (tertiary/aromatic N) is 1. The quantitative estimate of drug-likeness (QED) is 0.895. The molecule has 2 aromatic carbocycles. The van der Waals surface area contributed by atoms with E-state index in [1.807, 2.05) is 0 Å². The Hall–Kier alpha value is -2.76. The minimum atomic E-state index is -0.473. The molecule has 1 aliphatic carbocycles. The lowest BCUT2D eigenvalue weighted by atomic mass is 9.88. The number of halogens is 2. The van der Waals surface area contributed by atoms with Gasteiger partial charge in [0.25, 0.3) is 5.91 Å². The van der Waals surface area contributed by atoms with E-state index in [2.05, 4.69) is 5.32 Å². The maximum Gasteiger partial charge on any atom is 0.251 e. The Morgan fingerprint density at radius 2 is 1.70 bits per heavy atom. The molecule has 0 aromatic heterocycles. The summed E-state index contributed by atoms with van der Waals surface area (Å²) in [6.07, 6.45) is 1.05. The minimum Gasteiger partial charge on any atom is -0.349 e.